The molecule has 0 radical (unpaired) electrons. The minimum Gasteiger partial charge on any atom is -0.478 e. The van der Waals surface area contributed by atoms with E-state index in [0.717, 1.165) is 21.8 Å². The number of carboxylic acid groups (broad SMARTS) is 1. The Labute approximate surface area is 127 Å². The Morgan fingerprint density at radius 1 is 1.19 bits per heavy atom. The van der Waals surface area contributed by atoms with Gasteiger partial charge in [-0.1, -0.05) is 0 Å². The van der Waals surface area contributed by atoms with E-state index in [4.69, 9.17) is 5.11 Å². The van der Waals surface area contributed by atoms with Gasteiger partial charge < -0.3 is 5.11 Å². The van der Waals surface area contributed by atoms with Crippen LogP contribution in [0, 0.1) is 20.8 Å². The summed E-state index contributed by atoms with van der Waals surface area (Å²) in [5.74, 6) is -1.08. The molecule has 112 valence electrons. The number of rotatable bonds is 4. The Kier molecular flexibility index (Phi) is 4.06. The van der Waals surface area contributed by atoms with Crippen LogP contribution in [0.5, 0.6) is 0 Å². The molecule has 2 N–H and O–H groups in total. The van der Waals surface area contributed by atoms with Crippen LogP contribution < -0.4 is 4.72 Å². The Bertz CT molecular complexity index is 806. The van der Waals surface area contributed by atoms with Gasteiger partial charge in [-0.25, -0.2) is 13.2 Å². The number of carbonyl (C=O) groups is 1. The maximum absolute atomic E-state index is 12.2. The first-order valence-corrected chi connectivity index (χ1v) is 8.44. The van der Waals surface area contributed by atoms with Crippen LogP contribution >= 0.6 is 11.3 Å². The molecule has 2 rings (SSSR count). The largest absolute Gasteiger partial charge is 0.478 e. The third-order valence-electron chi connectivity index (χ3n) is 3.13. The first kappa shape index (κ1) is 15.5. The van der Waals surface area contributed by atoms with Gasteiger partial charge >= 0.3 is 5.97 Å². The van der Waals surface area contributed by atoms with Gasteiger partial charge in [-0.3, -0.25) is 4.72 Å². The number of anilines is 1. The molecule has 7 heteroatoms. The lowest BCUT2D eigenvalue weighted by Crippen LogP contribution is -2.13. The van der Waals surface area contributed by atoms with Gasteiger partial charge in [0, 0.05) is 10.6 Å². The lowest BCUT2D eigenvalue weighted by Gasteiger charge is -2.11. The zero-order valence-electron chi connectivity index (χ0n) is 11.8. The maximum atomic E-state index is 12.2. The van der Waals surface area contributed by atoms with Gasteiger partial charge in [0.1, 0.15) is 4.21 Å². The summed E-state index contributed by atoms with van der Waals surface area (Å²) < 4.78 is 27.1. The first-order chi connectivity index (χ1) is 9.70. The van der Waals surface area contributed by atoms with Gasteiger partial charge in [0.15, 0.2) is 0 Å². The molecular weight excluding hydrogens is 310 g/mol. The van der Waals surface area contributed by atoms with Crippen molar-refractivity contribution in [2.24, 2.45) is 0 Å². The fourth-order valence-corrected chi connectivity index (χ4v) is 4.23. The molecule has 21 heavy (non-hydrogen) atoms. The third kappa shape index (κ3) is 3.25. The number of aromatic carboxylic acids is 1. The highest BCUT2D eigenvalue weighted by Gasteiger charge is 2.18. The van der Waals surface area contributed by atoms with Crippen LogP contribution in [0.4, 0.5) is 5.69 Å². The van der Waals surface area contributed by atoms with Crippen molar-refractivity contribution in [3.8, 4) is 0 Å². The van der Waals surface area contributed by atoms with E-state index < -0.39 is 16.0 Å². The number of thiophene rings is 1. The number of benzene rings is 1. The quantitative estimate of drug-likeness (QED) is 0.904. The molecule has 0 spiro atoms. The number of hydrogen-bond acceptors (Lipinski definition) is 4. The predicted octanol–water partition coefficient (Wildman–Crippen LogP) is 3.17. The molecule has 0 atom stereocenters. The highest BCUT2D eigenvalue weighted by molar-refractivity contribution is 7.94. The van der Waals surface area contributed by atoms with Gasteiger partial charge in [0.05, 0.1) is 5.56 Å². The van der Waals surface area contributed by atoms with Gasteiger partial charge in [-0.2, -0.15) is 0 Å². The molecule has 2 aromatic rings. The van der Waals surface area contributed by atoms with Gasteiger partial charge in [-0.05, 0) is 56.2 Å². The molecule has 0 aliphatic carbocycles. The third-order valence-corrected chi connectivity index (χ3v) is 6.00. The van der Waals surface area contributed by atoms with Crippen LogP contribution in [0.15, 0.2) is 28.5 Å². The van der Waals surface area contributed by atoms with Crippen molar-refractivity contribution in [3.63, 3.8) is 0 Å². The molecule has 0 saturated heterocycles. The Balaban J connectivity index is 2.42. The SMILES string of the molecule is Cc1ccc(S(=O)(=O)Nc2cc(C)c(C)c(C(=O)O)c2)s1. The summed E-state index contributed by atoms with van der Waals surface area (Å²) in [4.78, 5) is 12.1. The van der Waals surface area contributed by atoms with E-state index >= 15 is 0 Å². The summed E-state index contributed by atoms with van der Waals surface area (Å²) in [7, 11) is -3.69. The van der Waals surface area contributed by atoms with E-state index in [1.54, 1.807) is 26.0 Å². The van der Waals surface area contributed by atoms with Crippen LogP contribution in [0.3, 0.4) is 0 Å². The van der Waals surface area contributed by atoms with Crippen LogP contribution in [-0.2, 0) is 10.0 Å². The van der Waals surface area contributed by atoms with Crippen LogP contribution in [0.2, 0.25) is 0 Å². The van der Waals surface area contributed by atoms with Crippen molar-refractivity contribution < 1.29 is 18.3 Å². The molecule has 0 amide bonds. The summed E-state index contributed by atoms with van der Waals surface area (Å²) >= 11 is 1.16. The van der Waals surface area contributed by atoms with E-state index in [1.807, 2.05) is 6.92 Å². The lowest BCUT2D eigenvalue weighted by atomic mass is 10.0. The van der Waals surface area contributed by atoms with Gasteiger partial charge in [0.25, 0.3) is 10.0 Å². The summed E-state index contributed by atoms with van der Waals surface area (Å²) in [6, 6.07) is 6.21. The molecular formula is C14H15NO4S2. The van der Waals surface area contributed by atoms with E-state index in [-0.39, 0.29) is 15.5 Å². The monoisotopic (exact) mass is 325 g/mol. The van der Waals surface area contributed by atoms with E-state index in [0.29, 0.717) is 5.56 Å². The second-order valence-electron chi connectivity index (χ2n) is 4.74. The average molecular weight is 325 g/mol. The molecule has 0 saturated carbocycles. The standard InChI is InChI=1S/C14H15NO4S2/c1-8-6-11(7-12(10(8)3)14(16)17)15-21(18,19)13-5-4-9(2)20-13/h4-7,15H,1-3H3,(H,16,17). The van der Waals surface area contributed by atoms with Crippen LogP contribution in [0.1, 0.15) is 26.4 Å². The fraction of sp³-hybridized carbons (Fsp3) is 0.214. The fourth-order valence-electron chi connectivity index (χ4n) is 1.90. The second-order valence-corrected chi connectivity index (χ2v) is 7.94. The topological polar surface area (TPSA) is 83.5 Å². The van der Waals surface area contributed by atoms with Crippen molar-refractivity contribution >= 4 is 33.0 Å². The molecule has 1 aromatic carbocycles. The highest BCUT2D eigenvalue weighted by Crippen LogP contribution is 2.26. The van der Waals surface area contributed by atoms with Crippen LogP contribution in [0.25, 0.3) is 0 Å². The number of aryl methyl sites for hydroxylation is 2. The summed E-state index contributed by atoms with van der Waals surface area (Å²) in [5, 5.41) is 9.16. The zero-order chi connectivity index (χ0) is 15.8. The highest BCUT2D eigenvalue weighted by atomic mass is 32.2. The first-order valence-electron chi connectivity index (χ1n) is 6.14. The predicted molar refractivity (Wildman–Crippen MR) is 82.7 cm³/mol. The number of hydrogen-bond donors (Lipinski definition) is 2. The van der Waals surface area contributed by atoms with Gasteiger partial charge in [0.2, 0.25) is 0 Å². The smallest absolute Gasteiger partial charge is 0.336 e. The summed E-state index contributed by atoms with van der Waals surface area (Å²) in [5.41, 5.74) is 1.68. The normalized spacial score (nSPS) is 11.4. The van der Waals surface area contributed by atoms with E-state index in [2.05, 4.69) is 4.72 Å². The molecule has 0 aliphatic rings. The lowest BCUT2D eigenvalue weighted by molar-refractivity contribution is 0.0696. The minimum atomic E-state index is -3.69. The van der Waals surface area contributed by atoms with Crippen molar-refractivity contribution in [1.29, 1.82) is 0 Å². The van der Waals surface area contributed by atoms with Gasteiger partial charge in [-0.15, -0.1) is 11.3 Å². The number of sulfonamides is 1. The summed E-state index contributed by atoms with van der Waals surface area (Å²) in [6.45, 7) is 5.26. The van der Waals surface area contributed by atoms with E-state index in [1.165, 1.54) is 12.1 Å². The average Bonchev–Trinajstić information content (AvgIpc) is 2.80. The molecule has 0 aliphatic heterocycles. The van der Waals surface area contributed by atoms with E-state index in [9.17, 15) is 13.2 Å². The van der Waals surface area contributed by atoms with Crippen molar-refractivity contribution in [2.45, 2.75) is 25.0 Å². The number of carboxylic acids is 1. The van der Waals surface area contributed by atoms with Crippen molar-refractivity contribution in [2.75, 3.05) is 4.72 Å². The summed E-state index contributed by atoms with van der Waals surface area (Å²) in [6.07, 6.45) is 0. The molecule has 0 unspecified atom stereocenters. The Hall–Kier alpha value is -1.86. The van der Waals surface area contributed by atoms with Crippen LogP contribution in [-0.4, -0.2) is 19.5 Å². The zero-order valence-corrected chi connectivity index (χ0v) is 13.4. The minimum absolute atomic E-state index is 0.0926. The molecule has 5 nitrogen and oxygen atoms in total. The Morgan fingerprint density at radius 3 is 2.38 bits per heavy atom. The molecule has 1 heterocycles. The van der Waals surface area contributed by atoms with Crippen molar-refractivity contribution in [1.82, 2.24) is 0 Å². The Morgan fingerprint density at radius 2 is 1.86 bits per heavy atom. The maximum Gasteiger partial charge on any atom is 0.336 e. The molecule has 0 fully saturated rings. The molecule has 0 bridgehead atoms. The van der Waals surface area contributed by atoms with Crippen molar-refractivity contribution in [3.05, 3.63) is 45.8 Å². The molecule has 1 aromatic heterocycles. The second kappa shape index (κ2) is 5.50. The number of nitrogens with one attached hydrogen (secondary N) is 1.